The fourth-order valence-corrected chi connectivity index (χ4v) is 2.69. The Labute approximate surface area is 136 Å². The van der Waals surface area contributed by atoms with E-state index in [1.807, 2.05) is 35.3 Å². The molecule has 23 heavy (non-hydrogen) atoms. The van der Waals surface area contributed by atoms with E-state index in [2.05, 4.69) is 12.1 Å². The molecule has 0 atom stereocenters. The molecule has 0 radical (unpaired) electrons. The molecule has 0 aromatic heterocycles. The summed E-state index contributed by atoms with van der Waals surface area (Å²) in [4.78, 5) is 0. The minimum Gasteiger partial charge on any atom is -0.493 e. The van der Waals surface area contributed by atoms with Gasteiger partial charge < -0.3 is 14.2 Å². The number of ether oxygens (including phenoxy) is 3. The maximum atomic E-state index is 5.42. The molecule has 1 heterocycles. The minimum absolute atomic E-state index is 0.595. The SMILES string of the molecule is COc1cc(C2=NN(c3ccccc3)CC2)cc(OC)c1OC. The van der Waals surface area contributed by atoms with E-state index in [0.717, 1.165) is 29.9 Å². The van der Waals surface area contributed by atoms with Crippen LogP contribution in [0.3, 0.4) is 0 Å². The van der Waals surface area contributed by atoms with Gasteiger partial charge in [-0.25, -0.2) is 0 Å². The number of rotatable bonds is 5. The maximum absolute atomic E-state index is 5.42. The summed E-state index contributed by atoms with van der Waals surface area (Å²) >= 11 is 0. The number of nitrogens with zero attached hydrogens (tertiary/aromatic N) is 2. The predicted molar refractivity (Wildman–Crippen MR) is 91.0 cm³/mol. The van der Waals surface area contributed by atoms with E-state index < -0.39 is 0 Å². The Kier molecular flexibility index (Phi) is 4.37. The smallest absolute Gasteiger partial charge is 0.203 e. The Morgan fingerprint density at radius 3 is 2.13 bits per heavy atom. The van der Waals surface area contributed by atoms with E-state index in [1.165, 1.54) is 0 Å². The van der Waals surface area contributed by atoms with Gasteiger partial charge in [0.1, 0.15) is 0 Å². The van der Waals surface area contributed by atoms with Crippen LogP contribution in [-0.4, -0.2) is 33.6 Å². The maximum Gasteiger partial charge on any atom is 0.203 e. The fraction of sp³-hybridized carbons (Fsp3) is 0.278. The molecule has 1 aliphatic heterocycles. The lowest BCUT2D eigenvalue weighted by Crippen LogP contribution is -2.11. The minimum atomic E-state index is 0.595. The normalized spacial score (nSPS) is 13.7. The zero-order valence-electron chi connectivity index (χ0n) is 13.6. The molecule has 0 spiro atoms. The number of hydrogen-bond acceptors (Lipinski definition) is 5. The van der Waals surface area contributed by atoms with Crippen molar-refractivity contribution in [2.45, 2.75) is 6.42 Å². The predicted octanol–water partition coefficient (Wildman–Crippen LogP) is 3.33. The van der Waals surface area contributed by atoms with Crippen molar-refractivity contribution >= 4 is 11.4 Å². The number of methoxy groups -OCH3 is 3. The molecule has 120 valence electrons. The van der Waals surface area contributed by atoms with E-state index in [-0.39, 0.29) is 0 Å². The molecule has 0 unspecified atom stereocenters. The zero-order chi connectivity index (χ0) is 16.2. The van der Waals surface area contributed by atoms with Gasteiger partial charge in [0.05, 0.1) is 32.7 Å². The summed E-state index contributed by atoms with van der Waals surface area (Å²) < 4.78 is 16.2. The summed E-state index contributed by atoms with van der Waals surface area (Å²) in [5.41, 5.74) is 3.08. The Hall–Kier alpha value is -2.69. The Morgan fingerprint density at radius 1 is 0.913 bits per heavy atom. The van der Waals surface area contributed by atoms with E-state index in [0.29, 0.717) is 17.2 Å². The van der Waals surface area contributed by atoms with E-state index in [4.69, 9.17) is 19.3 Å². The highest BCUT2D eigenvalue weighted by Gasteiger charge is 2.21. The van der Waals surface area contributed by atoms with E-state index in [9.17, 15) is 0 Å². The molecule has 5 heteroatoms. The third kappa shape index (κ3) is 2.95. The van der Waals surface area contributed by atoms with Crippen molar-refractivity contribution in [1.29, 1.82) is 0 Å². The molecule has 0 saturated carbocycles. The molecule has 0 bridgehead atoms. The van der Waals surface area contributed by atoms with E-state index >= 15 is 0 Å². The average molecular weight is 312 g/mol. The van der Waals surface area contributed by atoms with Gasteiger partial charge in [0.2, 0.25) is 5.75 Å². The standard InChI is InChI=1S/C18H20N2O3/c1-21-16-11-13(12-17(22-2)18(16)23-3)15-9-10-20(19-15)14-7-5-4-6-8-14/h4-8,11-12H,9-10H2,1-3H3. The molecule has 0 saturated heterocycles. The van der Waals surface area contributed by atoms with Crippen LogP contribution >= 0.6 is 0 Å². The van der Waals surface area contributed by atoms with Crippen LogP contribution in [-0.2, 0) is 0 Å². The summed E-state index contributed by atoms with van der Waals surface area (Å²) in [5, 5.41) is 6.75. The second-order valence-corrected chi connectivity index (χ2v) is 5.17. The topological polar surface area (TPSA) is 43.3 Å². The third-order valence-corrected chi connectivity index (χ3v) is 3.85. The lowest BCUT2D eigenvalue weighted by atomic mass is 10.1. The van der Waals surface area contributed by atoms with Crippen molar-refractivity contribution in [3.63, 3.8) is 0 Å². The molecule has 2 aromatic rings. The Balaban J connectivity index is 1.96. The van der Waals surface area contributed by atoms with Crippen molar-refractivity contribution in [2.75, 3.05) is 32.9 Å². The summed E-state index contributed by atoms with van der Waals surface area (Å²) in [5.74, 6) is 1.88. The molecule has 3 rings (SSSR count). The molecule has 2 aromatic carbocycles. The number of benzene rings is 2. The first kappa shape index (κ1) is 15.2. The molecule has 0 N–H and O–H groups in total. The van der Waals surface area contributed by atoms with Crippen LogP contribution in [0.4, 0.5) is 5.69 Å². The summed E-state index contributed by atoms with van der Waals surface area (Å²) in [6, 6.07) is 14.0. The van der Waals surface area contributed by atoms with Crippen LogP contribution in [0.1, 0.15) is 12.0 Å². The molecule has 0 aliphatic carbocycles. The molecule has 0 fully saturated rings. The highest BCUT2D eigenvalue weighted by molar-refractivity contribution is 6.03. The van der Waals surface area contributed by atoms with Crippen LogP contribution in [0.25, 0.3) is 0 Å². The first-order chi connectivity index (χ1) is 11.3. The van der Waals surface area contributed by atoms with Gasteiger partial charge in [-0.1, -0.05) is 18.2 Å². The molecular weight excluding hydrogens is 292 g/mol. The van der Waals surface area contributed by atoms with Crippen LogP contribution in [0.5, 0.6) is 17.2 Å². The van der Waals surface area contributed by atoms with Crippen molar-refractivity contribution < 1.29 is 14.2 Å². The van der Waals surface area contributed by atoms with Gasteiger partial charge in [0.25, 0.3) is 0 Å². The van der Waals surface area contributed by atoms with Gasteiger partial charge in [0, 0.05) is 18.5 Å². The lowest BCUT2D eigenvalue weighted by molar-refractivity contribution is 0.324. The van der Waals surface area contributed by atoms with Gasteiger partial charge >= 0.3 is 0 Å². The first-order valence-corrected chi connectivity index (χ1v) is 7.47. The molecule has 1 aliphatic rings. The fourth-order valence-electron chi connectivity index (χ4n) is 2.69. The highest BCUT2D eigenvalue weighted by Crippen LogP contribution is 2.39. The second kappa shape index (κ2) is 6.60. The second-order valence-electron chi connectivity index (χ2n) is 5.17. The largest absolute Gasteiger partial charge is 0.493 e. The van der Waals surface area contributed by atoms with Crippen molar-refractivity contribution in [3.8, 4) is 17.2 Å². The average Bonchev–Trinajstić information content (AvgIpc) is 3.11. The number of para-hydroxylation sites is 1. The number of hydrazone groups is 1. The monoisotopic (exact) mass is 312 g/mol. The highest BCUT2D eigenvalue weighted by atomic mass is 16.5. The first-order valence-electron chi connectivity index (χ1n) is 7.47. The van der Waals surface area contributed by atoms with Gasteiger partial charge in [-0.2, -0.15) is 5.10 Å². The van der Waals surface area contributed by atoms with Crippen molar-refractivity contribution in [2.24, 2.45) is 5.10 Å². The summed E-state index contributed by atoms with van der Waals surface area (Å²) in [6.45, 7) is 0.857. The van der Waals surface area contributed by atoms with Gasteiger partial charge in [-0.15, -0.1) is 0 Å². The van der Waals surface area contributed by atoms with Crippen LogP contribution in [0.15, 0.2) is 47.6 Å². The van der Waals surface area contributed by atoms with Gasteiger partial charge in [0.15, 0.2) is 11.5 Å². The molecular formula is C18H20N2O3. The van der Waals surface area contributed by atoms with Gasteiger partial charge in [-0.05, 0) is 24.3 Å². The van der Waals surface area contributed by atoms with Gasteiger partial charge in [-0.3, -0.25) is 5.01 Å². The van der Waals surface area contributed by atoms with Crippen LogP contribution in [0.2, 0.25) is 0 Å². The third-order valence-electron chi connectivity index (χ3n) is 3.85. The zero-order valence-corrected chi connectivity index (χ0v) is 13.6. The lowest BCUT2D eigenvalue weighted by Gasteiger charge is -2.14. The summed E-state index contributed by atoms with van der Waals surface area (Å²) in [6.07, 6.45) is 0.869. The molecule has 0 amide bonds. The Morgan fingerprint density at radius 2 is 1.57 bits per heavy atom. The number of anilines is 1. The van der Waals surface area contributed by atoms with Crippen LogP contribution < -0.4 is 19.2 Å². The summed E-state index contributed by atoms with van der Waals surface area (Å²) in [7, 11) is 4.84. The number of hydrogen-bond donors (Lipinski definition) is 0. The quantitative estimate of drug-likeness (QED) is 0.849. The molecule has 5 nitrogen and oxygen atoms in total. The Bertz CT molecular complexity index is 688. The van der Waals surface area contributed by atoms with Crippen LogP contribution in [0, 0.1) is 0 Å². The van der Waals surface area contributed by atoms with Crippen molar-refractivity contribution in [1.82, 2.24) is 0 Å². The van der Waals surface area contributed by atoms with E-state index in [1.54, 1.807) is 21.3 Å². The van der Waals surface area contributed by atoms with Crippen molar-refractivity contribution in [3.05, 3.63) is 48.0 Å².